The van der Waals surface area contributed by atoms with Crippen molar-refractivity contribution < 1.29 is 4.39 Å². The van der Waals surface area contributed by atoms with Crippen molar-refractivity contribution in [2.75, 3.05) is 31.1 Å². The second kappa shape index (κ2) is 12.6. The molecule has 0 spiro atoms. The van der Waals surface area contributed by atoms with Crippen LogP contribution >= 0.6 is 24.0 Å². The molecule has 1 aromatic heterocycles. The second-order valence-corrected chi connectivity index (χ2v) is 7.08. The van der Waals surface area contributed by atoms with E-state index < -0.39 is 0 Å². The van der Waals surface area contributed by atoms with Crippen molar-refractivity contribution in [3.05, 3.63) is 42.7 Å². The summed E-state index contributed by atoms with van der Waals surface area (Å²) in [5.74, 6) is 0.673. The Bertz CT molecular complexity index is 738. The van der Waals surface area contributed by atoms with Gasteiger partial charge in [-0.25, -0.2) is 4.39 Å². The molecule has 0 radical (unpaired) electrons. The van der Waals surface area contributed by atoms with Crippen molar-refractivity contribution in [3.63, 3.8) is 0 Å². The minimum absolute atomic E-state index is 0. The van der Waals surface area contributed by atoms with Crippen molar-refractivity contribution in [1.82, 2.24) is 25.4 Å². The van der Waals surface area contributed by atoms with Gasteiger partial charge in [0.2, 0.25) is 0 Å². The summed E-state index contributed by atoms with van der Waals surface area (Å²) in [6.07, 6.45) is 7.69. The number of rotatable bonds is 8. The van der Waals surface area contributed by atoms with E-state index in [4.69, 9.17) is 4.99 Å². The Morgan fingerprint density at radius 1 is 1.28 bits per heavy atom. The Balaban J connectivity index is 0.00000300. The minimum atomic E-state index is -0.186. The van der Waals surface area contributed by atoms with Crippen molar-refractivity contribution >= 4 is 35.6 Å². The number of aromatic nitrogens is 3. The van der Waals surface area contributed by atoms with Gasteiger partial charge in [0.1, 0.15) is 18.5 Å². The Morgan fingerprint density at radius 3 is 2.86 bits per heavy atom. The quantitative estimate of drug-likeness (QED) is 0.245. The van der Waals surface area contributed by atoms with E-state index in [0.29, 0.717) is 6.04 Å². The smallest absolute Gasteiger partial charge is 0.191 e. The third-order valence-corrected chi connectivity index (χ3v) is 4.84. The van der Waals surface area contributed by atoms with Crippen LogP contribution in [0.2, 0.25) is 0 Å². The van der Waals surface area contributed by atoms with Crippen LogP contribution in [0, 0.1) is 5.82 Å². The Kier molecular flexibility index (Phi) is 10.2. The highest BCUT2D eigenvalue weighted by atomic mass is 127. The maximum Gasteiger partial charge on any atom is 0.191 e. The number of aryl methyl sites for hydroxylation is 1. The summed E-state index contributed by atoms with van der Waals surface area (Å²) in [6.45, 7) is 6.39. The van der Waals surface area contributed by atoms with Crippen LogP contribution in [0.15, 0.2) is 41.9 Å². The molecule has 7 nitrogen and oxygen atoms in total. The maximum absolute atomic E-state index is 13.5. The summed E-state index contributed by atoms with van der Waals surface area (Å²) in [5.41, 5.74) is 0.947. The lowest BCUT2D eigenvalue weighted by atomic mass is 10.0. The first-order chi connectivity index (χ1) is 13.7. The molecule has 1 saturated heterocycles. The van der Waals surface area contributed by atoms with Gasteiger partial charge in [0.15, 0.2) is 5.96 Å². The minimum Gasteiger partial charge on any atom is -0.369 e. The zero-order chi connectivity index (χ0) is 19.6. The zero-order valence-corrected chi connectivity index (χ0v) is 19.3. The summed E-state index contributed by atoms with van der Waals surface area (Å²) in [5, 5.41) is 14.5. The van der Waals surface area contributed by atoms with E-state index in [-0.39, 0.29) is 29.8 Å². The molecule has 1 atom stereocenters. The van der Waals surface area contributed by atoms with Crippen molar-refractivity contribution in [2.45, 2.75) is 45.2 Å². The second-order valence-electron chi connectivity index (χ2n) is 7.08. The monoisotopic (exact) mass is 515 g/mol. The molecule has 29 heavy (non-hydrogen) atoms. The molecule has 160 valence electrons. The number of unbranched alkanes of at least 4 members (excludes halogenated alkanes) is 1. The molecule has 1 aliphatic rings. The Labute approximate surface area is 189 Å². The van der Waals surface area contributed by atoms with Crippen LogP contribution in [0.5, 0.6) is 0 Å². The summed E-state index contributed by atoms with van der Waals surface area (Å²) in [7, 11) is 0. The fourth-order valence-corrected chi connectivity index (χ4v) is 3.45. The maximum atomic E-state index is 13.5. The van der Waals surface area contributed by atoms with Crippen molar-refractivity contribution in [3.8, 4) is 0 Å². The molecule has 1 aromatic carbocycles. The number of hydrogen-bond acceptors (Lipinski definition) is 4. The standard InChI is InChI=1S/C20H30FN7.HI/c1-2-22-20(23-10-3-4-11-27-15-24-25-16-27)26-18-8-6-12-28(14-18)19-9-5-7-17(21)13-19;/h5,7,9,13,15-16,18H,2-4,6,8,10-12,14H2,1H3,(H2,22,23,26);1H. The number of nitrogens with one attached hydrogen (secondary N) is 2. The van der Waals surface area contributed by atoms with E-state index in [1.54, 1.807) is 24.8 Å². The number of halogens is 2. The third kappa shape index (κ3) is 7.79. The number of aliphatic imine (C=N–C) groups is 1. The number of piperidine rings is 1. The van der Waals surface area contributed by atoms with Crippen LogP contribution in [0.25, 0.3) is 0 Å². The van der Waals surface area contributed by atoms with Crippen molar-refractivity contribution in [1.29, 1.82) is 0 Å². The summed E-state index contributed by atoms with van der Waals surface area (Å²) in [6, 6.07) is 7.14. The molecule has 1 aliphatic heterocycles. The molecule has 0 bridgehead atoms. The van der Waals surface area contributed by atoms with Gasteiger partial charge in [0.25, 0.3) is 0 Å². The molecule has 2 N–H and O–H groups in total. The fraction of sp³-hybridized carbons (Fsp3) is 0.550. The first-order valence-electron chi connectivity index (χ1n) is 10.1. The van der Waals surface area contributed by atoms with Crippen LogP contribution in [-0.4, -0.2) is 52.9 Å². The number of hydrogen-bond donors (Lipinski definition) is 2. The number of guanidine groups is 1. The average molecular weight is 515 g/mol. The molecule has 1 unspecified atom stereocenters. The lowest BCUT2D eigenvalue weighted by Crippen LogP contribution is -2.51. The van der Waals surface area contributed by atoms with Gasteiger partial charge < -0.3 is 20.1 Å². The topological polar surface area (TPSA) is 70.4 Å². The largest absolute Gasteiger partial charge is 0.369 e. The first kappa shape index (κ1) is 23.4. The SMILES string of the molecule is CCNC(=NCCCCn1cnnc1)NC1CCCN(c2cccc(F)c2)C1.I. The van der Waals surface area contributed by atoms with Crippen LogP contribution in [0.1, 0.15) is 32.6 Å². The highest BCUT2D eigenvalue weighted by molar-refractivity contribution is 14.0. The van der Waals surface area contributed by atoms with Gasteiger partial charge >= 0.3 is 0 Å². The Hall–Kier alpha value is -1.91. The van der Waals surface area contributed by atoms with Crippen LogP contribution in [0.4, 0.5) is 10.1 Å². The van der Waals surface area contributed by atoms with E-state index in [0.717, 1.165) is 70.1 Å². The molecule has 3 rings (SSSR count). The molecular formula is C20H31FIN7. The molecular weight excluding hydrogens is 484 g/mol. The van der Waals surface area contributed by atoms with E-state index in [1.807, 2.05) is 10.6 Å². The first-order valence-corrected chi connectivity index (χ1v) is 10.1. The zero-order valence-electron chi connectivity index (χ0n) is 16.9. The van der Waals surface area contributed by atoms with Crippen LogP contribution in [0.3, 0.4) is 0 Å². The molecule has 0 amide bonds. The van der Waals surface area contributed by atoms with E-state index >= 15 is 0 Å². The van der Waals surface area contributed by atoms with Gasteiger partial charge in [-0.3, -0.25) is 4.99 Å². The van der Waals surface area contributed by atoms with E-state index in [9.17, 15) is 4.39 Å². The number of nitrogens with zero attached hydrogens (tertiary/aromatic N) is 5. The molecule has 0 aliphatic carbocycles. The van der Waals surface area contributed by atoms with E-state index in [1.165, 1.54) is 6.07 Å². The van der Waals surface area contributed by atoms with Gasteiger partial charge in [0.05, 0.1) is 0 Å². The fourth-order valence-electron chi connectivity index (χ4n) is 3.45. The molecule has 9 heteroatoms. The Morgan fingerprint density at radius 2 is 2.10 bits per heavy atom. The molecule has 2 heterocycles. The van der Waals surface area contributed by atoms with Crippen LogP contribution in [-0.2, 0) is 6.54 Å². The van der Waals surface area contributed by atoms with E-state index in [2.05, 4.69) is 32.7 Å². The number of anilines is 1. The predicted molar refractivity (Wildman–Crippen MR) is 125 cm³/mol. The lowest BCUT2D eigenvalue weighted by molar-refractivity contribution is 0.467. The summed E-state index contributed by atoms with van der Waals surface area (Å²) >= 11 is 0. The predicted octanol–water partition coefficient (Wildman–Crippen LogP) is 3.04. The summed E-state index contributed by atoms with van der Waals surface area (Å²) < 4.78 is 15.5. The van der Waals surface area contributed by atoms with Gasteiger partial charge in [0, 0.05) is 44.5 Å². The van der Waals surface area contributed by atoms with Gasteiger partial charge in [-0.05, 0) is 50.8 Å². The highest BCUT2D eigenvalue weighted by Gasteiger charge is 2.21. The normalized spacial score (nSPS) is 17.0. The third-order valence-electron chi connectivity index (χ3n) is 4.84. The lowest BCUT2D eigenvalue weighted by Gasteiger charge is -2.35. The van der Waals surface area contributed by atoms with Crippen molar-refractivity contribution in [2.24, 2.45) is 4.99 Å². The van der Waals surface area contributed by atoms with Gasteiger partial charge in [-0.15, -0.1) is 34.2 Å². The van der Waals surface area contributed by atoms with Gasteiger partial charge in [-0.2, -0.15) is 0 Å². The molecule has 2 aromatic rings. The highest BCUT2D eigenvalue weighted by Crippen LogP contribution is 2.20. The molecule has 1 fully saturated rings. The van der Waals surface area contributed by atoms with Crippen LogP contribution < -0.4 is 15.5 Å². The molecule has 0 saturated carbocycles. The number of benzene rings is 1. The van der Waals surface area contributed by atoms with Gasteiger partial charge in [-0.1, -0.05) is 6.07 Å². The average Bonchev–Trinajstić information content (AvgIpc) is 3.21. The summed E-state index contributed by atoms with van der Waals surface area (Å²) in [4.78, 5) is 6.96.